The highest BCUT2D eigenvalue weighted by atomic mass is 31.2. The molecule has 29 heavy (non-hydrogen) atoms. The van der Waals surface area contributed by atoms with Gasteiger partial charge in [0, 0.05) is 12.8 Å². The molecule has 0 fully saturated rings. The monoisotopic (exact) mass is 438 g/mol. The zero-order chi connectivity index (χ0) is 22.0. The van der Waals surface area contributed by atoms with E-state index >= 15 is 0 Å². The van der Waals surface area contributed by atoms with Crippen LogP contribution in [0.5, 0.6) is 0 Å². The Labute approximate surface area is 174 Å². The molecular formula is C20H39O8P. The van der Waals surface area contributed by atoms with Gasteiger partial charge in [-0.3, -0.25) is 14.1 Å². The van der Waals surface area contributed by atoms with Crippen LogP contribution < -0.4 is 0 Å². The largest absolute Gasteiger partial charge is 0.469 e. The summed E-state index contributed by atoms with van der Waals surface area (Å²) in [4.78, 5) is 41.4. The Kier molecular flexibility index (Phi) is 17.3. The van der Waals surface area contributed by atoms with E-state index in [0.717, 1.165) is 38.5 Å². The molecule has 0 spiro atoms. The van der Waals surface area contributed by atoms with Crippen LogP contribution in [0.3, 0.4) is 0 Å². The van der Waals surface area contributed by atoms with Gasteiger partial charge in [-0.05, 0) is 12.8 Å². The van der Waals surface area contributed by atoms with E-state index in [0.29, 0.717) is 6.42 Å². The lowest BCUT2D eigenvalue weighted by Crippen LogP contribution is -2.29. The molecule has 0 saturated carbocycles. The first-order chi connectivity index (χ1) is 13.8. The molecule has 0 aliphatic heterocycles. The highest BCUT2D eigenvalue weighted by Crippen LogP contribution is 2.35. The fourth-order valence-electron chi connectivity index (χ4n) is 2.72. The Morgan fingerprint density at radius 1 is 0.759 bits per heavy atom. The number of phosphoric ester groups is 1. The van der Waals surface area contributed by atoms with Gasteiger partial charge in [-0.1, -0.05) is 71.6 Å². The van der Waals surface area contributed by atoms with Gasteiger partial charge in [-0.2, -0.15) is 0 Å². The van der Waals surface area contributed by atoms with Gasteiger partial charge in [0.25, 0.3) is 0 Å². The molecule has 0 rings (SSSR count). The van der Waals surface area contributed by atoms with E-state index < -0.39 is 32.5 Å². The third kappa shape index (κ3) is 20.1. The van der Waals surface area contributed by atoms with Crippen molar-refractivity contribution in [2.24, 2.45) is 0 Å². The fourth-order valence-corrected chi connectivity index (χ4v) is 3.08. The van der Waals surface area contributed by atoms with Crippen molar-refractivity contribution in [3.8, 4) is 0 Å². The minimum Gasteiger partial charge on any atom is -0.462 e. The molecule has 8 nitrogen and oxygen atoms in total. The van der Waals surface area contributed by atoms with Crippen LogP contribution in [0.4, 0.5) is 0 Å². The molecule has 0 bridgehead atoms. The summed E-state index contributed by atoms with van der Waals surface area (Å²) in [5.41, 5.74) is 0. The minimum absolute atomic E-state index is 0.207. The zero-order valence-corrected chi connectivity index (χ0v) is 18.9. The zero-order valence-electron chi connectivity index (χ0n) is 18.0. The van der Waals surface area contributed by atoms with Crippen LogP contribution >= 0.6 is 7.82 Å². The highest BCUT2D eigenvalue weighted by molar-refractivity contribution is 7.46. The van der Waals surface area contributed by atoms with E-state index in [1.54, 1.807) is 0 Å². The average molecular weight is 438 g/mol. The van der Waals surface area contributed by atoms with E-state index in [4.69, 9.17) is 19.3 Å². The minimum atomic E-state index is -4.71. The number of hydrogen-bond acceptors (Lipinski definition) is 6. The second kappa shape index (κ2) is 17.9. The van der Waals surface area contributed by atoms with Crippen molar-refractivity contribution < 1.29 is 37.9 Å². The van der Waals surface area contributed by atoms with Crippen LogP contribution in [0.1, 0.15) is 97.3 Å². The summed E-state index contributed by atoms with van der Waals surface area (Å²) in [6.07, 6.45) is 10.7. The maximum atomic E-state index is 11.9. The Hall–Kier alpha value is -0.950. The van der Waals surface area contributed by atoms with Crippen LogP contribution in [0.15, 0.2) is 0 Å². The molecule has 9 heteroatoms. The molecule has 0 radical (unpaired) electrons. The van der Waals surface area contributed by atoms with Crippen LogP contribution in [-0.2, 0) is 28.2 Å². The third-order valence-corrected chi connectivity index (χ3v) is 4.86. The lowest BCUT2D eigenvalue weighted by Gasteiger charge is -2.18. The van der Waals surface area contributed by atoms with Crippen molar-refractivity contribution >= 4 is 19.8 Å². The molecular weight excluding hydrogens is 399 g/mol. The Bertz CT molecular complexity index is 477. The molecule has 2 N–H and O–H groups in total. The SMILES string of the molecule is CCCCCCCCCC(=O)OC[C@H](COP(=O)(O)O)OC(=O)CCCCCC. The Morgan fingerprint density at radius 2 is 1.24 bits per heavy atom. The van der Waals surface area contributed by atoms with Crippen molar-refractivity contribution in [2.45, 2.75) is 103 Å². The summed E-state index contributed by atoms with van der Waals surface area (Å²) in [5.74, 6) is -0.915. The summed E-state index contributed by atoms with van der Waals surface area (Å²) in [7, 11) is -4.71. The van der Waals surface area contributed by atoms with Gasteiger partial charge in [-0.15, -0.1) is 0 Å². The quantitative estimate of drug-likeness (QED) is 0.170. The predicted octanol–water partition coefficient (Wildman–Crippen LogP) is 4.66. The first-order valence-electron chi connectivity index (χ1n) is 10.8. The number of rotatable bonds is 19. The second-order valence-corrected chi connectivity index (χ2v) is 8.50. The van der Waals surface area contributed by atoms with Gasteiger partial charge >= 0.3 is 19.8 Å². The van der Waals surface area contributed by atoms with Crippen molar-refractivity contribution in [3.05, 3.63) is 0 Å². The lowest BCUT2D eigenvalue weighted by atomic mass is 10.1. The molecule has 0 amide bonds. The van der Waals surface area contributed by atoms with Crippen molar-refractivity contribution in [1.82, 2.24) is 0 Å². The number of carbonyl (C=O) groups excluding carboxylic acids is 2. The maximum absolute atomic E-state index is 11.9. The van der Waals surface area contributed by atoms with Gasteiger partial charge in [0.15, 0.2) is 6.10 Å². The van der Waals surface area contributed by atoms with Gasteiger partial charge in [0.1, 0.15) is 6.61 Å². The first kappa shape index (κ1) is 28.1. The van der Waals surface area contributed by atoms with Gasteiger partial charge < -0.3 is 19.3 Å². The van der Waals surface area contributed by atoms with E-state index in [-0.39, 0.29) is 19.4 Å². The van der Waals surface area contributed by atoms with Gasteiger partial charge in [0.05, 0.1) is 6.61 Å². The standard InChI is InChI=1S/C20H39O8P/c1-3-5-7-9-10-11-13-14-19(21)26-16-18(17-27-29(23,24)25)28-20(22)15-12-8-6-4-2/h18H,3-17H2,1-2H3,(H2,23,24,25)/t18-/m1/s1. The van der Waals surface area contributed by atoms with Gasteiger partial charge in [0.2, 0.25) is 0 Å². The number of unbranched alkanes of at least 4 members (excludes halogenated alkanes) is 9. The molecule has 0 aromatic rings. The van der Waals surface area contributed by atoms with Crippen LogP contribution in [0.2, 0.25) is 0 Å². The van der Waals surface area contributed by atoms with E-state index in [1.807, 2.05) is 0 Å². The molecule has 0 saturated heterocycles. The van der Waals surface area contributed by atoms with Crippen LogP contribution in [0, 0.1) is 0 Å². The molecule has 172 valence electrons. The summed E-state index contributed by atoms with van der Waals surface area (Å²) in [6.45, 7) is 3.41. The number of carbonyl (C=O) groups is 2. The first-order valence-corrected chi connectivity index (χ1v) is 12.4. The molecule has 0 aliphatic carbocycles. The van der Waals surface area contributed by atoms with Crippen molar-refractivity contribution in [1.29, 1.82) is 0 Å². The summed E-state index contributed by atoms with van der Waals surface area (Å²) in [6, 6.07) is 0. The van der Waals surface area contributed by atoms with Crippen molar-refractivity contribution in [3.63, 3.8) is 0 Å². The summed E-state index contributed by atoms with van der Waals surface area (Å²) < 4.78 is 25.6. The molecule has 0 aliphatic rings. The Balaban J connectivity index is 4.19. The molecule has 0 unspecified atom stereocenters. The number of hydrogen-bond donors (Lipinski definition) is 2. The van der Waals surface area contributed by atoms with Crippen LogP contribution in [0.25, 0.3) is 0 Å². The third-order valence-electron chi connectivity index (χ3n) is 4.38. The summed E-state index contributed by atoms with van der Waals surface area (Å²) >= 11 is 0. The lowest BCUT2D eigenvalue weighted by molar-refractivity contribution is -0.161. The number of phosphoric acid groups is 1. The second-order valence-electron chi connectivity index (χ2n) is 7.26. The Morgan fingerprint density at radius 3 is 1.79 bits per heavy atom. The number of esters is 2. The summed E-state index contributed by atoms with van der Waals surface area (Å²) in [5, 5.41) is 0. The van der Waals surface area contributed by atoms with Gasteiger partial charge in [-0.25, -0.2) is 4.57 Å². The molecule has 0 aromatic carbocycles. The van der Waals surface area contributed by atoms with Crippen LogP contribution in [-0.4, -0.2) is 41.0 Å². The molecule has 1 atom stereocenters. The molecule has 0 aromatic heterocycles. The van der Waals surface area contributed by atoms with E-state index in [2.05, 4.69) is 18.4 Å². The van der Waals surface area contributed by atoms with Crippen molar-refractivity contribution in [2.75, 3.05) is 13.2 Å². The highest BCUT2D eigenvalue weighted by Gasteiger charge is 2.22. The smallest absolute Gasteiger partial charge is 0.462 e. The number of ether oxygens (including phenoxy) is 2. The normalized spacial score (nSPS) is 12.6. The topological polar surface area (TPSA) is 119 Å². The average Bonchev–Trinajstić information content (AvgIpc) is 2.66. The fraction of sp³-hybridized carbons (Fsp3) is 0.900. The van der Waals surface area contributed by atoms with E-state index in [1.165, 1.54) is 25.7 Å². The maximum Gasteiger partial charge on any atom is 0.469 e. The predicted molar refractivity (Wildman–Crippen MR) is 110 cm³/mol. The van der Waals surface area contributed by atoms with E-state index in [9.17, 15) is 14.2 Å². The molecule has 0 heterocycles.